The molecule has 0 spiro atoms. The summed E-state index contributed by atoms with van der Waals surface area (Å²) in [4.78, 5) is 11.6. The molecule has 0 radical (unpaired) electrons. The molecule has 0 fully saturated rings. The summed E-state index contributed by atoms with van der Waals surface area (Å²) >= 11 is 3.16. The van der Waals surface area contributed by atoms with E-state index in [1.807, 2.05) is 0 Å². The lowest BCUT2D eigenvalue weighted by molar-refractivity contribution is -0.137. The first kappa shape index (κ1) is 13.9. The van der Waals surface area contributed by atoms with Gasteiger partial charge in [0.05, 0.1) is 12.1 Å². The highest BCUT2D eigenvalue weighted by Crippen LogP contribution is 2.29. The minimum absolute atomic E-state index is 0.107. The van der Waals surface area contributed by atoms with Crippen LogP contribution in [0.1, 0.15) is 11.1 Å². The minimum atomic E-state index is -4.37. The highest BCUT2D eigenvalue weighted by atomic mass is 79.9. The van der Waals surface area contributed by atoms with Gasteiger partial charge in [0.1, 0.15) is 0 Å². The summed E-state index contributed by atoms with van der Waals surface area (Å²) in [5, 5.41) is 0. The molecule has 0 bridgehead atoms. The lowest BCUT2D eigenvalue weighted by Crippen LogP contribution is -2.19. The Morgan fingerprint density at radius 1 is 1.16 bits per heavy atom. The fourth-order valence-corrected chi connectivity index (χ4v) is 1.97. The second kappa shape index (κ2) is 5.21. The van der Waals surface area contributed by atoms with Crippen LogP contribution in [0.3, 0.4) is 0 Å². The van der Waals surface area contributed by atoms with Crippen molar-refractivity contribution in [2.24, 2.45) is 0 Å². The molecule has 0 saturated carbocycles. The third kappa shape index (κ3) is 3.47. The van der Waals surface area contributed by atoms with Crippen LogP contribution in [-0.4, -0.2) is 4.57 Å². The van der Waals surface area contributed by atoms with Crippen LogP contribution in [0.4, 0.5) is 13.2 Å². The Hall–Kier alpha value is -1.56. The van der Waals surface area contributed by atoms with Crippen molar-refractivity contribution < 1.29 is 13.2 Å². The molecule has 0 saturated heterocycles. The minimum Gasteiger partial charge on any atom is -0.311 e. The van der Waals surface area contributed by atoms with Crippen LogP contribution in [0.25, 0.3) is 0 Å². The second-order valence-corrected chi connectivity index (χ2v) is 4.92. The quantitative estimate of drug-likeness (QED) is 0.822. The van der Waals surface area contributed by atoms with E-state index in [2.05, 4.69) is 15.9 Å². The van der Waals surface area contributed by atoms with Gasteiger partial charge in [-0.05, 0) is 23.8 Å². The first-order valence-electron chi connectivity index (χ1n) is 5.38. The zero-order valence-electron chi connectivity index (χ0n) is 9.62. The van der Waals surface area contributed by atoms with E-state index in [1.54, 1.807) is 12.1 Å². The first-order chi connectivity index (χ1) is 8.86. The molecule has 2 aromatic rings. The molecule has 2 rings (SSSR count). The molecule has 100 valence electrons. The number of pyridine rings is 1. The third-order valence-corrected chi connectivity index (χ3v) is 3.06. The Bertz CT molecular complexity index is 649. The predicted molar refractivity (Wildman–Crippen MR) is 68.9 cm³/mol. The van der Waals surface area contributed by atoms with E-state index >= 15 is 0 Å². The van der Waals surface area contributed by atoms with Crippen molar-refractivity contribution in [1.29, 1.82) is 0 Å². The van der Waals surface area contributed by atoms with Crippen LogP contribution in [-0.2, 0) is 12.7 Å². The molecular weight excluding hydrogens is 323 g/mol. The lowest BCUT2D eigenvalue weighted by Gasteiger charge is -2.10. The van der Waals surface area contributed by atoms with Crippen molar-refractivity contribution in [3.63, 3.8) is 0 Å². The summed E-state index contributed by atoms with van der Waals surface area (Å²) in [6.45, 7) is 0.107. The van der Waals surface area contributed by atoms with Gasteiger partial charge < -0.3 is 4.57 Å². The predicted octanol–water partition coefficient (Wildman–Crippen LogP) is 3.68. The van der Waals surface area contributed by atoms with Crippen molar-refractivity contribution in [1.82, 2.24) is 4.57 Å². The number of hydrogen-bond acceptors (Lipinski definition) is 1. The largest absolute Gasteiger partial charge is 0.416 e. The maximum Gasteiger partial charge on any atom is 0.416 e. The summed E-state index contributed by atoms with van der Waals surface area (Å²) in [6, 6.07) is 7.98. The van der Waals surface area contributed by atoms with Crippen LogP contribution >= 0.6 is 15.9 Å². The molecule has 1 heterocycles. The van der Waals surface area contributed by atoms with Gasteiger partial charge in [-0.25, -0.2) is 0 Å². The zero-order chi connectivity index (χ0) is 14.0. The molecule has 1 aromatic carbocycles. The topological polar surface area (TPSA) is 22.0 Å². The Balaban J connectivity index is 2.31. The van der Waals surface area contributed by atoms with Gasteiger partial charge in [-0.15, -0.1) is 0 Å². The molecule has 6 heteroatoms. The van der Waals surface area contributed by atoms with Crippen molar-refractivity contribution in [2.45, 2.75) is 12.7 Å². The molecule has 19 heavy (non-hydrogen) atoms. The average molecular weight is 332 g/mol. The summed E-state index contributed by atoms with van der Waals surface area (Å²) in [7, 11) is 0. The Morgan fingerprint density at radius 3 is 2.53 bits per heavy atom. The molecule has 2 nitrogen and oxygen atoms in total. The summed E-state index contributed by atoms with van der Waals surface area (Å²) in [5.74, 6) is 0. The van der Waals surface area contributed by atoms with Gasteiger partial charge in [-0.3, -0.25) is 4.79 Å². The number of aromatic nitrogens is 1. The molecule has 0 amide bonds. The Morgan fingerprint density at radius 2 is 1.89 bits per heavy atom. The highest BCUT2D eigenvalue weighted by molar-refractivity contribution is 9.10. The number of halogens is 4. The fraction of sp³-hybridized carbons (Fsp3) is 0.154. The van der Waals surface area contributed by atoms with Gasteiger partial charge in [0.15, 0.2) is 0 Å². The van der Waals surface area contributed by atoms with Crippen LogP contribution in [0, 0.1) is 0 Å². The monoisotopic (exact) mass is 331 g/mol. The van der Waals surface area contributed by atoms with Gasteiger partial charge in [0.25, 0.3) is 5.56 Å². The molecule has 0 aliphatic heterocycles. The highest BCUT2D eigenvalue weighted by Gasteiger charge is 2.30. The Kier molecular flexibility index (Phi) is 3.80. The van der Waals surface area contributed by atoms with E-state index in [4.69, 9.17) is 0 Å². The second-order valence-electron chi connectivity index (χ2n) is 4.01. The van der Waals surface area contributed by atoms with E-state index in [-0.39, 0.29) is 12.1 Å². The van der Waals surface area contributed by atoms with Crippen molar-refractivity contribution in [3.8, 4) is 0 Å². The first-order valence-corrected chi connectivity index (χ1v) is 6.18. The number of benzene rings is 1. The molecule has 0 unspecified atom stereocenters. The summed E-state index contributed by atoms with van der Waals surface area (Å²) in [5.41, 5.74) is -0.554. The van der Waals surface area contributed by atoms with E-state index in [0.717, 1.165) is 12.1 Å². The smallest absolute Gasteiger partial charge is 0.311 e. The van der Waals surface area contributed by atoms with Gasteiger partial charge in [0, 0.05) is 16.7 Å². The lowest BCUT2D eigenvalue weighted by atomic mass is 10.1. The Labute approximate surface area is 115 Å². The zero-order valence-corrected chi connectivity index (χ0v) is 11.2. The number of rotatable bonds is 2. The maximum atomic E-state index is 12.6. The number of alkyl halides is 3. The van der Waals surface area contributed by atoms with Gasteiger partial charge in [-0.2, -0.15) is 13.2 Å². The maximum absolute atomic E-state index is 12.6. The average Bonchev–Trinajstić information content (AvgIpc) is 2.32. The third-order valence-electron chi connectivity index (χ3n) is 2.57. The van der Waals surface area contributed by atoms with Gasteiger partial charge in [0.2, 0.25) is 0 Å². The van der Waals surface area contributed by atoms with Crippen molar-refractivity contribution in [2.75, 3.05) is 0 Å². The number of nitrogens with zero attached hydrogens (tertiary/aromatic N) is 1. The molecular formula is C13H9BrF3NO. The van der Waals surface area contributed by atoms with Crippen LogP contribution < -0.4 is 5.56 Å². The van der Waals surface area contributed by atoms with Crippen LogP contribution in [0.2, 0.25) is 0 Å². The normalized spacial score (nSPS) is 11.6. The number of hydrogen-bond donors (Lipinski definition) is 0. The van der Waals surface area contributed by atoms with Crippen LogP contribution in [0.5, 0.6) is 0 Å². The fourth-order valence-electron chi connectivity index (χ4n) is 1.66. The van der Waals surface area contributed by atoms with Crippen molar-refractivity contribution >= 4 is 15.9 Å². The van der Waals surface area contributed by atoms with Gasteiger partial charge >= 0.3 is 6.18 Å². The molecule has 0 atom stereocenters. The SMILES string of the molecule is O=c1cc(Br)ccn1Cc1cccc(C(F)(F)F)c1. The van der Waals surface area contributed by atoms with E-state index < -0.39 is 11.7 Å². The summed E-state index contributed by atoms with van der Waals surface area (Å²) < 4.78 is 39.7. The molecule has 0 aliphatic rings. The molecule has 0 aliphatic carbocycles. The standard InChI is InChI=1S/C13H9BrF3NO/c14-11-4-5-18(12(19)7-11)8-9-2-1-3-10(6-9)13(15,16)17/h1-7H,8H2. The van der Waals surface area contributed by atoms with E-state index in [9.17, 15) is 18.0 Å². The van der Waals surface area contributed by atoms with E-state index in [0.29, 0.717) is 10.0 Å². The van der Waals surface area contributed by atoms with Gasteiger partial charge in [-0.1, -0.05) is 28.1 Å². The molecule has 0 N–H and O–H groups in total. The summed E-state index contributed by atoms with van der Waals surface area (Å²) in [6.07, 6.45) is -2.84. The van der Waals surface area contributed by atoms with Crippen LogP contribution in [0.15, 0.2) is 51.9 Å². The molecule has 1 aromatic heterocycles. The van der Waals surface area contributed by atoms with Crippen molar-refractivity contribution in [3.05, 3.63) is 68.5 Å². The van der Waals surface area contributed by atoms with E-state index in [1.165, 1.54) is 22.9 Å².